The largest absolute Gasteiger partial charge is 0.341 e. The van der Waals surface area contributed by atoms with Gasteiger partial charge in [0.15, 0.2) is 5.17 Å². The number of pyridine rings is 1. The smallest absolute Gasteiger partial charge is 0.160 e. The van der Waals surface area contributed by atoms with Gasteiger partial charge in [-0.15, -0.1) is 0 Å². The van der Waals surface area contributed by atoms with Crippen molar-refractivity contribution in [2.45, 2.75) is 24.3 Å². The Morgan fingerprint density at radius 2 is 2.00 bits per heavy atom. The van der Waals surface area contributed by atoms with E-state index in [9.17, 15) is 0 Å². The monoisotopic (exact) mass is 373 g/mol. The maximum atomic E-state index is 4.99. The first kappa shape index (κ1) is 14.3. The molecule has 3 nitrogen and oxygen atoms in total. The van der Waals surface area contributed by atoms with Crippen LogP contribution in [0.4, 0.5) is 0 Å². The summed E-state index contributed by atoms with van der Waals surface area (Å²) < 4.78 is 1.14. The highest BCUT2D eigenvalue weighted by Gasteiger charge is 2.43. The topological polar surface area (TPSA) is 28.5 Å². The zero-order valence-electron chi connectivity index (χ0n) is 12.2. The van der Waals surface area contributed by atoms with E-state index in [-0.39, 0.29) is 12.1 Å². The van der Waals surface area contributed by atoms with Crippen molar-refractivity contribution in [3.05, 3.63) is 64.4 Å². The third-order valence-electron chi connectivity index (χ3n) is 4.11. The minimum atomic E-state index is 0.0647. The van der Waals surface area contributed by atoms with Gasteiger partial charge in [0.1, 0.15) is 6.04 Å². The molecule has 2 aliphatic heterocycles. The van der Waals surface area contributed by atoms with Crippen molar-refractivity contribution in [2.24, 2.45) is 4.99 Å². The van der Waals surface area contributed by atoms with E-state index in [2.05, 4.69) is 63.1 Å². The van der Waals surface area contributed by atoms with Gasteiger partial charge in [-0.25, -0.2) is 0 Å². The first-order chi connectivity index (χ1) is 10.7. The molecule has 0 N–H and O–H groups in total. The number of hydrogen-bond donors (Lipinski definition) is 0. The number of amidine groups is 1. The van der Waals surface area contributed by atoms with Gasteiger partial charge >= 0.3 is 0 Å². The van der Waals surface area contributed by atoms with E-state index in [1.54, 1.807) is 0 Å². The molecule has 5 heteroatoms. The van der Waals surface area contributed by atoms with Crippen molar-refractivity contribution in [2.75, 3.05) is 6.54 Å². The van der Waals surface area contributed by atoms with Crippen molar-refractivity contribution in [1.29, 1.82) is 0 Å². The number of rotatable bonds is 2. The molecule has 0 spiro atoms. The Morgan fingerprint density at radius 1 is 1.18 bits per heavy atom. The van der Waals surface area contributed by atoms with E-state index in [0.717, 1.165) is 21.9 Å². The summed E-state index contributed by atoms with van der Waals surface area (Å²) in [5, 5.41) is 1.75. The van der Waals surface area contributed by atoms with E-state index in [0.29, 0.717) is 5.25 Å². The predicted octanol–water partition coefficient (Wildman–Crippen LogP) is 4.43. The minimum Gasteiger partial charge on any atom is -0.341 e. The van der Waals surface area contributed by atoms with Crippen LogP contribution in [0.15, 0.2) is 58.1 Å². The maximum Gasteiger partial charge on any atom is 0.160 e. The fourth-order valence-electron chi connectivity index (χ4n) is 3.17. The molecular formula is C17H16BrN3S. The number of nitrogens with zero attached hydrogens (tertiary/aromatic N) is 3. The zero-order valence-corrected chi connectivity index (χ0v) is 14.6. The number of aliphatic imine (C=N–C) groups is 1. The maximum absolute atomic E-state index is 4.99. The average Bonchev–Trinajstić information content (AvgIpc) is 3.05. The molecule has 1 fully saturated rings. The number of halogens is 1. The highest BCUT2D eigenvalue weighted by atomic mass is 79.9. The molecule has 0 amide bonds. The van der Waals surface area contributed by atoms with Crippen molar-refractivity contribution < 1.29 is 0 Å². The summed E-state index contributed by atoms with van der Waals surface area (Å²) >= 11 is 5.59. The second-order valence-electron chi connectivity index (χ2n) is 5.66. The van der Waals surface area contributed by atoms with Crippen molar-refractivity contribution in [1.82, 2.24) is 9.88 Å². The molecule has 3 atom stereocenters. The predicted molar refractivity (Wildman–Crippen MR) is 95.1 cm³/mol. The van der Waals surface area contributed by atoms with Gasteiger partial charge in [-0.2, -0.15) is 0 Å². The summed E-state index contributed by atoms with van der Waals surface area (Å²) in [6.45, 7) is 3.30. The first-order valence-corrected chi connectivity index (χ1v) is 9.08. The van der Waals surface area contributed by atoms with Gasteiger partial charge in [0.2, 0.25) is 0 Å². The molecule has 4 rings (SSSR count). The van der Waals surface area contributed by atoms with E-state index in [1.165, 1.54) is 5.56 Å². The van der Waals surface area contributed by atoms with Crippen molar-refractivity contribution >= 4 is 32.9 Å². The summed E-state index contributed by atoms with van der Waals surface area (Å²) in [4.78, 5) is 12.0. The van der Waals surface area contributed by atoms with Gasteiger partial charge in [-0.3, -0.25) is 9.98 Å². The van der Waals surface area contributed by atoms with Gasteiger partial charge in [-0.1, -0.05) is 58.9 Å². The van der Waals surface area contributed by atoms with Gasteiger partial charge in [0.05, 0.1) is 11.7 Å². The molecule has 0 unspecified atom stereocenters. The molecule has 1 aromatic carbocycles. The average molecular weight is 374 g/mol. The Bertz CT molecular complexity index is 719. The Kier molecular flexibility index (Phi) is 3.70. The summed E-state index contributed by atoms with van der Waals surface area (Å²) in [5.41, 5.74) is 2.32. The van der Waals surface area contributed by atoms with Crippen LogP contribution in [0, 0.1) is 0 Å². The lowest BCUT2D eigenvalue weighted by Crippen LogP contribution is -2.28. The fraction of sp³-hybridized carbons (Fsp3) is 0.294. The van der Waals surface area contributed by atoms with Crippen LogP contribution in [-0.4, -0.2) is 26.8 Å². The van der Waals surface area contributed by atoms with Crippen LogP contribution in [0.2, 0.25) is 0 Å². The highest BCUT2D eigenvalue weighted by molar-refractivity contribution is 9.10. The van der Waals surface area contributed by atoms with Crippen LogP contribution in [0.25, 0.3) is 0 Å². The van der Waals surface area contributed by atoms with Gasteiger partial charge < -0.3 is 4.90 Å². The molecule has 0 radical (unpaired) electrons. The zero-order chi connectivity index (χ0) is 15.1. The standard InChI is InChI=1S/C17H16BrN3S/c1-11-10-21-16(12-6-2-3-7-13(12)18)15(20-17(21)22-11)14-8-4-5-9-19-14/h2-9,11,15-16H,10H2,1H3/t11-,15-,16-/m1/s1. The van der Waals surface area contributed by atoms with Gasteiger partial charge in [0, 0.05) is 22.5 Å². The molecule has 2 aliphatic rings. The Morgan fingerprint density at radius 3 is 2.77 bits per heavy atom. The quantitative estimate of drug-likeness (QED) is 0.779. The summed E-state index contributed by atoms with van der Waals surface area (Å²) in [6, 6.07) is 14.8. The van der Waals surface area contributed by atoms with Crippen LogP contribution in [0.3, 0.4) is 0 Å². The molecular weight excluding hydrogens is 358 g/mol. The molecule has 2 aromatic rings. The molecule has 0 saturated carbocycles. The molecule has 1 aromatic heterocycles. The number of benzene rings is 1. The summed E-state index contributed by atoms with van der Waals surface area (Å²) in [6.07, 6.45) is 1.85. The third-order valence-corrected chi connectivity index (χ3v) is 5.93. The van der Waals surface area contributed by atoms with Crippen LogP contribution < -0.4 is 0 Å². The lowest BCUT2D eigenvalue weighted by Gasteiger charge is -2.28. The first-order valence-electron chi connectivity index (χ1n) is 7.40. The summed E-state index contributed by atoms with van der Waals surface area (Å²) in [7, 11) is 0. The second-order valence-corrected chi connectivity index (χ2v) is 7.92. The fourth-order valence-corrected chi connectivity index (χ4v) is 4.78. The molecule has 112 valence electrons. The van der Waals surface area contributed by atoms with Crippen LogP contribution in [0.1, 0.15) is 30.3 Å². The Balaban J connectivity index is 1.81. The van der Waals surface area contributed by atoms with E-state index in [1.807, 2.05) is 30.1 Å². The van der Waals surface area contributed by atoms with Gasteiger partial charge in [-0.05, 0) is 23.8 Å². The molecule has 0 bridgehead atoms. The number of aromatic nitrogens is 1. The summed E-state index contributed by atoms with van der Waals surface area (Å²) in [5.74, 6) is 0. The molecule has 22 heavy (non-hydrogen) atoms. The Labute approximate surface area is 143 Å². The van der Waals surface area contributed by atoms with Crippen molar-refractivity contribution in [3.8, 4) is 0 Å². The second kappa shape index (κ2) is 5.70. The van der Waals surface area contributed by atoms with Crippen molar-refractivity contribution in [3.63, 3.8) is 0 Å². The highest BCUT2D eigenvalue weighted by Crippen LogP contribution is 2.48. The minimum absolute atomic E-state index is 0.0647. The van der Waals surface area contributed by atoms with E-state index in [4.69, 9.17) is 4.99 Å². The van der Waals surface area contributed by atoms with E-state index >= 15 is 0 Å². The molecule has 1 saturated heterocycles. The number of thioether (sulfide) groups is 1. The third kappa shape index (κ3) is 2.36. The number of hydrogen-bond acceptors (Lipinski definition) is 4. The molecule has 0 aliphatic carbocycles. The molecule has 3 heterocycles. The Hall–Kier alpha value is -1.33. The lowest BCUT2D eigenvalue weighted by molar-refractivity contribution is 0.320. The SMILES string of the molecule is C[C@@H]1CN2C(=N[C@H](c3ccccn3)[C@H]2c2ccccc2Br)S1. The van der Waals surface area contributed by atoms with Crippen LogP contribution in [0.5, 0.6) is 0 Å². The lowest BCUT2D eigenvalue weighted by atomic mass is 9.96. The van der Waals surface area contributed by atoms with Crippen LogP contribution in [-0.2, 0) is 0 Å². The van der Waals surface area contributed by atoms with E-state index < -0.39 is 0 Å². The number of fused-ring (bicyclic) bond motifs is 1. The van der Waals surface area contributed by atoms with Crippen LogP contribution >= 0.6 is 27.7 Å². The normalized spacial score (nSPS) is 26.9. The van der Waals surface area contributed by atoms with Gasteiger partial charge in [0.25, 0.3) is 0 Å².